The number of aromatic hydroxyl groups is 1. The first kappa shape index (κ1) is 24.6. The van der Waals surface area contributed by atoms with Crippen LogP contribution in [0.3, 0.4) is 0 Å². The van der Waals surface area contributed by atoms with Crippen LogP contribution in [0.4, 0.5) is 5.69 Å². The zero-order valence-electron chi connectivity index (χ0n) is 18.5. The number of nitriles is 1. The van der Waals surface area contributed by atoms with Gasteiger partial charge in [-0.15, -0.1) is 6.58 Å². The van der Waals surface area contributed by atoms with Gasteiger partial charge in [0, 0.05) is 15.7 Å². The van der Waals surface area contributed by atoms with Gasteiger partial charge in [-0.1, -0.05) is 34.1 Å². The second-order valence-electron chi connectivity index (χ2n) is 7.29. The van der Waals surface area contributed by atoms with Gasteiger partial charge in [-0.05, 0) is 72.2 Å². The number of nitrogens with zero attached hydrogens (tertiary/aromatic N) is 1. The van der Waals surface area contributed by atoms with Crippen molar-refractivity contribution in [3.05, 3.63) is 100 Å². The molecule has 0 bridgehead atoms. The summed E-state index contributed by atoms with van der Waals surface area (Å²) in [4.78, 5) is 12.6. The lowest BCUT2D eigenvalue weighted by Crippen LogP contribution is -2.13. The van der Waals surface area contributed by atoms with Crippen molar-refractivity contribution in [2.45, 2.75) is 13.0 Å². The Labute approximate surface area is 206 Å². The van der Waals surface area contributed by atoms with Crippen molar-refractivity contribution >= 4 is 33.6 Å². The van der Waals surface area contributed by atoms with Crippen molar-refractivity contribution in [1.82, 2.24) is 0 Å². The van der Waals surface area contributed by atoms with E-state index in [-0.39, 0.29) is 11.3 Å². The van der Waals surface area contributed by atoms with Crippen LogP contribution in [0.5, 0.6) is 17.2 Å². The van der Waals surface area contributed by atoms with Crippen molar-refractivity contribution in [2.75, 3.05) is 12.4 Å². The smallest absolute Gasteiger partial charge is 0.266 e. The van der Waals surface area contributed by atoms with Crippen LogP contribution in [0.15, 0.2) is 83.4 Å². The minimum absolute atomic E-state index is 0.0804. The third-order valence-corrected chi connectivity index (χ3v) is 5.36. The highest BCUT2D eigenvalue weighted by Gasteiger charge is 2.15. The third kappa shape index (κ3) is 6.50. The molecule has 2 N–H and O–H groups in total. The van der Waals surface area contributed by atoms with E-state index in [9.17, 15) is 15.2 Å². The SMILES string of the molecule is C=CCc1cc(/C=C(\C#N)C(=O)Nc2ccc(O)cc2)cc(OC)c1OCc1ccc(Br)cc1. The summed E-state index contributed by atoms with van der Waals surface area (Å²) in [6.45, 7) is 4.17. The zero-order valence-corrected chi connectivity index (χ0v) is 20.1. The van der Waals surface area contributed by atoms with Crippen molar-refractivity contribution < 1.29 is 19.4 Å². The van der Waals surface area contributed by atoms with E-state index in [2.05, 4.69) is 27.8 Å². The Hall–Kier alpha value is -4.02. The molecule has 3 aromatic rings. The highest BCUT2D eigenvalue weighted by atomic mass is 79.9. The average Bonchev–Trinajstić information content (AvgIpc) is 2.84. The number of phenolic OH excluding ortho intramolecular Hbond substituents is 1. The third-order valence-electron chi connectivity index (χ3n) is 4.84. The van der Waals surface area contributed by atoms with E-state index in [1.54, 1.807) is 24.3 Å². The number of ether oxygens (including phenoxy) is 2. The Morgan fingerprint density at radius 1 is 1.18 bits per heavy atom. The predicted molar refractivity (Wildman–Crippen MR) is 136 cm³/mol. The van der Waals surface area contributed by atoms with Gasteiger partial charge in [0.05, 0.1) is 7.11 Å². The molecule has 172 valence electrons. The molecule has 0 atom stereocenters. The lowest BCUT2D eigenvalue weighted by molar-refractivity contribution is -0.112. The first-order valence-electron chi connectivity index (χ1n) is 10.3. The Morgan fingerprint density at radius 3 is 2.50 bits per heavy atom. The average molecular weight is 519 g/mol. The van der Waals surface area contributed by atoms with Crippen molar-refractivity contribution in [3.63, 3.8) is 0 Å². The van der Waals surface area contributed by atoms with Gasteiger partial charge in [-0.3, -0.25) is 4.79 Å². The maximum absolute atomic E-state index is 12.6. The summed E-state index contributed by atoms with van der Waals surface area (Å²) in [5.74, 6) is 0.583. The number of phenols is 1. The molecule has 0 radical (unpaired) electrons. The number of amides is 1. The topological polar surface area (TPSA) is 91.6 Å². The largest absolute Gasteiger partial charge is 0.508 e. The summed E-state index contributed by atoms with van der Waals surface area (Å²) in [6.07, 6.45) is 3.75. The van der Waals surface area contributed by atoms with E-state index in [0.29, 0.717) is 35.8 Å². The molecule has 0 aliphatic carbocycles. The summed E-state index contributed by atoms with van der Waals surface area (Å²) in [5.41, 5.74) is 2.81. The van der Waals surface area contributed by atoms with E-state index in [4.69, 9.17) is 9.47 Å². The van der Waals surface area contributed by atoms with Crippen LogP contribution < -0.4 is 14.8 Å². The fourth-order valence-corrected chi connectivity index (χ4v) is 3.45. The molecular formula is C27H23BrN2O4. The zero-order chi connectivity index (χ0) is 24.5. The molecule has 0 saturated heterocycles. The first-order valence-corrected chi connectivity index (χ1v) is 11.1. The number of halogens is 1. The van der Waals surface area contributed by atoms with Crippen LogP contribution in [-0.4, -0.2) is 18.1 Å². The molecule has 3 aromatic carbocycles. The minimum atomic E-state index is -0.562. The van der Waals surface area contributed by atoms with Crippen LogP contribution in [0.1, 0.15) is 16.7 Å². The molecule has 0 aliphatic rings. The number of methoxy groups -OCH3 is 1. The standard InChI is InChI=1S/C27H23BrN2O4/c1-3-4-20-13-19(14-21(16-29)27(32)30-23-9-11-24(31)12-10-23)15-25(33-2)26(20)34-17-18-5-7-22(28)8-6-18/h3,5-15,31H,1,4,17H2,2H3,(H,30,32)/b21-14+. The number of rotatable bonds is 9. The molecule has 7 heteroatoms. The Kier molecular flexibility index (Phi) is 8.49. The van der Waals surface area contributed by atoms with E-state index < -0.39 is 5.91 Å². The molecule has 0 fully saturated rings. The van der Waals surface area contributed by atoms with E-state index in [1.165, 1.54) is 25.3 Å². The minimum Gasteiger partial charge on any atom is -0.508 e. The lowest BCUT2D eigenvalue weighted by atomic mass is 10.0. The number of anilines is 1. The molecule has 6 nitrogen and oxygen atoms in total. The highest BCUT2D eigenvalue weighted by Crippen LogP contribution is 2.35. The van der Waals surface area contributed by atoms with Crippen molar-refractivity contribution in [2.24, 2.45) is 0 Å². The number of carbonyl (C=O) groups is 1. The van der Waals surface area contributed by atoms with Gasteiger partial charge in [0.15, 0.2) is 11.5 Å². The summed E-state index contributed by atoms with van der Waals surface area (Å²) in [7, 11) is 1.54. The van der Waals surface area contributed by atoms with E-state index >= 15 is 0 Å². The van der Waals surface area contributed by atoms with Crippen LogP contribution in [-0.2, 0) is 17.8 Å². The molecule has 0 unspecified atom stereocenters. The number of benzene rings is 3. The number of carbonyl (C=O) groups excluding carboxylic acids is 1. The fraction of sp³-hybridized carbons (Fsp3) is 0.111. The molecule has 0 heterocycles. The second-order valence-corrected chi connectivity index (χ2v) is 8.21. The molecule has 0 aliphatic heterocycles. The molecule has 0 saturated carbocycles. The molecular weight excluding hydrogens is 496 g/mol. The maximum Gasteiger partial charge on any atom is 0.266 e. The summed E-state index contributed by atoms with van der Waals surface area (Å²) in [5, 5.41) is 21.6. The van der Waals surface area contributed by atoms with Gasteiger partial charge in [-0.25, -0.2) is 0 Å². The van der Waals surface area contributed by atoms with Gasteiger partial charge >= 0.3 is 0 Å². The summed E-state index contributed by atoms with van der Waals surface area (Å²) in [6, 6.07) is 19.3. The van der Waals surface area contributed by atoms with Crippen molar-refractivity contribution in [3.8, 4) is 23.3 Å². The fourth-order valence-electron chi connectivity index (χ4n) is 3.18. The van der Waals surface area contributed by atoms with Gasteiger partial charge in [0.2, 0.25) is 0 Å². The van der Waals surface area contributed by atoms with Crippen LogP contribution in [0, 0.1) is 11.3 Å². The molecule has 0 spiro atoms. The number of hydrogen-bond donors (Lipinski definition) is 2. The molecule has 3 rings (SSSR count). The van der Waals surface area contributed by atoms with Gasteiger partial charge in [0.1, 0.15) is 24.0 Å². The molecule has 0 aromatic heterocycles. The first-order chi connectivity index (χ1) is 16.4. The van der Waals surface area contributed by atoms with Crippen LogP contribution >= 0.6 is 15.9 Å². The van der Waals surface area contributed by atoms with Gasteiger partial charge in [0.25, 0.3) is 5.91 Å². The monoisotopic (exact) mass is 518 g/mol. The Balaban J connectivity index is 1.88. The van der Waals surface area contributed by atoms with Gasteiger partial charge < -0.3 is 19.9 Å². The van der Waals surface area contributed by atoms with Crippen molar-refractivity contribution in [1.29, 1.82) is 5.26 Å². The number of nitrogens with one attached hydrogen (secondary N) is 1. The van der Waals surface area contributed by atoms with E-state index in [1.807, 2.05) is 36.4 Å². The lowest BCUT2D eigenvalue weighted by Gasteiger charge is -2.16. The second kappa shape index (κ2) is 11.7. The van der Waals surface area contributed by atoms with Gasteiger partial charge in [-0.2, -0.15) is 5.26 Å². The Morgan fingerprint density at radius 2 is 1.88 bits per heavy atom. The highest BCUT2D eigenvalue weighted by molar-refractivity contribution is 9.10. The van der Waals surface area contributed by atoms with Crippen LogP contribution in [0.2, 0.25) is 0 Å². The number of allylic oxidation sites excluding steroid dienone is 1. The molecule has 34 heavy (non-hydrogen) atoms. The normalized spacial score (nSPS) is 10.8. The quantitative estimate of drug-likeness (QED) is 0.156. The predicted octanol–water partition coefficient (Wildman–Crippen LogP) is 6.02. The molecule has 1 amide bonds. The summed E-state index contributed by atoms with van der Waals surface area (Å²) < 4.78 is 12.6. The number of hydrogen-bond acceptors (Lipinski definition) is 5. The van der Waals surface area contributed by atoms with Crippen LogP contribution in [0.25, 0.3) is 6.08 Å². The van der Waals surface area contributed by atoms with E-state index in [0.717, 1.165) is 15.6 Å². The Bertz CT molecular complexity index is 1240. The maximum atomic E-state index is 12.6. The summed E-state index contributed by atoms with van der Waals surface area (Å²) >= 11 is 3.42.